The second-order valence-electron chi connectivity index (χ2n) is 9.44. The molecule has 0 bridgehead atoms. The normalized spacial score (nSPS) is 15.9. The van der Waals surface area contributed by atoms with Gasteiger partial charge in [-0.15, -0.1) is 24.0 Å². The molecule has 2 aromatic rings. The van der Waals surface area contributed by atoms with Gasteiger partial charge in [0.15, 0.2) is 5.96 Å². The first-order chi connectivity index (χ1) is 15.3. The number of likely N-dealkylation sites (tertiary alicyclic amines) is 1. The van der Waals surface area contributed by atoms with Crippen molar-refractivity contribution in [2.75, 3.05) is 32.7 Å². The van der Waals surface area contributed by atoms with Crippen molar-refractivity contribution in [1.82, 2.24) is 20.5 Å². The van der Waals surface area contributed by atoms with Gasteiger partial charge in [-0.2, -0.15) is 0 Å². The third kappa shape index (κ3) is 8.24. The van der Waals surface area contributed by atoms with E-state index in [4.69, 9.17) is 9.41 Å². The van der Waals surface area contributed by atoms with Crippen molar-refractivity contribution in [3.05, 3.63) is 53.0 Å². The average Bonchev–Trinajstić information content (AvgIpc) is 3.08. The van der Waals surface area contributed by atoms with Crippen LogP contribution in [0.3, 0.4) is 0 Å². The van der Waals surface area contributed by atoms with Crippen LogP contribution in [-0.4, -0.2) is 48.6 Å². The van der Waals surface area contributed by atoms with Gasteiger partial charge in [0, 0.05) is 18.5 Å². The van der Waals surface area contributed by atoms with Crippen LogP contribution in [0.5, 0.6) is 0 Å². The zero-order chi connectivity index (χ0) is 23.1. The molecule has 3 rings (SSSR count). The van der Waals surface area contributed by atoms with Crippen LogP contribution in [0.2, 0.25) is 0 Å². The summed E-state index contributed by atoms with van der Waals surface area (Å²) in [6.07, 6.45) is 2.28. The van der Waals surface area contributed by atoms with Gasteiger partial charge >= 0.3 is 0 Å². The summed E-state index contributed by atoms with van der Waals surface area (Å²) in [5, 5.41) is 6.86. The minimum atomic E-state index is -0.244. The van der Waals surface area contributed by atoms with Crippen molar-refractivity contribution in [2.45, 2.75) is 59.4 Å². The van der Waals surface area contributed by atoms with Gasteiger partial charge in [-0.25, -0.2) is 9.37 Å². The average molecular weight is 572 g/mol. The van der Waals surface area contributed by atoms with E-state index in [-0.39, 0.29) is 35.2 Å². The Hall–Kier alpha value is -1.68. The topological polar surface area (TPSA) is 65.7 Å². The third-order valence-electron chi connectivity index (χ3n) is 6.28. The van der Waals surface area contributed by atoms with E-state index in [1.807, 2.05) is 19.9 Å². The fourth-order valence-electron chi connectivity index (χ4n) is 4.01. The second kappa shape index (κ2) is 12.7. The number of nitrogens with zero attached hydrogens (tertiary/aromatic N) is 3. The van der Waals surface area contributed by atoms with Crippen LogP contribution in [0.1, 0.15) is 56.5 Å². The number of piperidine rings is 1. The zero-order valence-corrected chi connectivity index (χ0v) is 22.9. The Kier molecular flexibility index (Phi) is 10.6. The van der Waals surface area contributed by atoms with Gasteiger partial charge in [0.05, 0.1) is 18.8 Å². The van der Waals surface area contributed by atoms with E-state index in [0.29, 0.717) is 12.5 Å². The lowest BCUT2D eigenvalue weighted by molar-refractivity contribution is 0.164. The Morgan fingerprint density at radius 3 is 2.58 bits per heavy atom. The number of aliphatic imine (C=N–C) groups is 1. The molecule has 2 heterocycles. The Morgan fingerprint density at radius 2 is 1.97 bits per heavy atom. The number of hydrogen-bond acceptors (Lipinski definition) is 4. The molecule has 0 spiro atoms. The summed E-state index contributed by atoms with van der Waals surface area (Å²) < 4.78 is 19.4. The standard InChI is InChI=1S/C25H38FN5O.HI/c1-6-27-24(29-17-25(4,5)21-8-7-9-22(26)14-21)28-15-20-10-12-31(13-11-20)16-23-30-18(2)19(3)32-23;/h7-9,14,20H,6,10-13,15-17H2,1-5H3,(H2,27,28,29);1H. The lowest BCUT2D eigenvalue weighted by Crippen LogP contribution is -2.43. The van der Waals surface area contributed by atoms with Gasteiger partial charge in [-0.1, -0.05) is 26.0 Å². The number of hydrogen-bond donors (Lipinski definition) is 2. The maximum absolute atomic E-state index is 13.6. The lowest BCUT2D eigenvalue weighted by Gasteiger charge is -2.31. The minimum Gasteiger partial charge on any atom is -0.444 e. The van der Waals surface area contributed by atoms with Gasteiger partial charge in [-0.05, 0) is 70.3 Å². The van der Waals surface area contributed by atoms with Crippen molar-refractivity contribution >= 4 is 29.9 Å². The molecule has 0 unspecified atom stereocenters. The molecule has 0 amide bonds. The molecule has 1 aliphatic heterocycles. The molecule has 184 valence electrons. The lowest BCUT2D eigenvalue weighted by atomic mass is 9.85. The predicted octanol–water partition coefficient (Wildman–Crippen LogP) is 4.79. The van der Waals surface area contributed by atoms with Crippen LogP contribution in [0.4, 0.5) is 4.39 Å². The first-order valence-electron chi connectivity index (χ1n) is 11.7. The van der Waals surface area contributed by atoms with Crippen LogP contribution < -0.4 is 10.6 Å². The van der Waals surface area contributed by atoms with Crippen LogP contribution in [0.15, 0.2) is 33.7 Å². The molecule has 1 aliphatic rings. The number of oxazole rings is 1. The Morgan fingerprint density at radius 1 is 1.24 bits per heavy atom. The monoisotopic (exact) mass is 571 g/mol. The molecule has 0 radical (unpaired) electrons. The predicted molar refractivity (Wildman–Crippen MR) is 143 cm³/mol. The molecular formula is C25H39FIN5O. The number of aryl methyl sites for hydroxylation is 2. The summed E-state index contributed by atoms with van der Waals surface area (Å²) in [5.41, 5.74) is 1.70. The van der Waals surface area contributed by atoms with Crippen molar-refractivity contribution in [2.24, 2.45) is 10.9 Å². The van der Waals surface area contributed by atoms with Crippen LogP contribution >= 0.6 is 24.0 Å². The molecule has 1 aromatic heterocycles. The summed E-state index contributed by atoms with van der Waals surface area (Å²) in [7, 11) is 0. The van der Waals surface area contributed by atoms with Crippen LogP contribution in [-0.2, 0) is 12.0 Å². The minimum absolute atomic E-state index is 0. The number of halogens is 2. The van der Waals surface area contributed by atoms with E-state index in [2.05, 4.69) is 41.3 Å². The van der Waals surface area contributed by atoms with Gasteiger partial charge in [0.25, 0.3) is 0 Å². The molecule has 1 fully saturated rings. The molecule has 33 heavy (non-hydrogen) atoms. The second-order valence-corrected chi connectivity index (χ2v) is 9.44. The maximum atomic E-state index is 13.6. The molecule has 6 nitrogen and oxygen atoms in total. The molecule has 0 saturated carbocycles. The first kappa shape index (κ1) is 27.6. The highest BCUT2D eigenvalue weighted by Gasteiger charge is 2.23. The Balaban J connectivity index is 0.00000385. The summed E-state index contributed by atoms with van der Waals surface area (Å²) in [6, 6.07) is 6.81. The van der Waals surface area contributed by atoms with E-state index in [1.165, 1.54) is 6.07 Å². The smallest absolute Gasteiger partial charge is 0.208 e. The number of nitrogens with one attached hydrogen (secondary N) is 2. The van der Waals surface area contributed by atoms with Crippen molar-refractivity contribution in [3.8, 4) is 0 Å². The molecule has 2 N–H and O–H groups in total. The summed E-state index contributed by atoms with van der Waals surface area (Å²) in [4.78, 5) is 11.7. The van der Waals surface area contributed by atoms with Gasteiger partial charge in [0.2, 0.25) is 5.89 Å². The highest BCUT2D eigenvalue weighted by Crippen LogP contribution is 2.24. The number of guanidine groups is 1. The van der Waals surface area contributed by atoms with Crippen molar-refractivity contribution in [1.29, 1.82) is 0 Å². The number of aromatic nitrogens is 1. The quantitative estimate of drug-likeness (QED) is 0.271. The molecule has 0 atom stereocenters. The SMILES string of the molecule is CCNC(=NCC(C)(C)c1cccc(F)c1)NCC1CCN(Cc2nc(C)c(C)o2)CC1.I. The Labute approximate surface area is 214 Å². The van der Waals surface area contributed by atoms with Gasteiger partial charge in [-0.3, -0.25) is 9.89 Å². The summed E-state index contributed by atoms with van der Waals surface area (Å²) in [6.45, 7) is 15.4. The first-order valence-corrected chi connectivity index (χ1v) is 11.7. The fourth-order valence-corrected chi connectivity index (χ4v) is 4.01. The highest BCUT2D eigenvalue weighted by molar-refractivity contribution is 14.0. The molecule has 8 heteroatoms. The zero-order valence-electron chi connectivity index (χ0n) is 20.6. The number of benzene rings is 1. The summed E-state index contributed by atoms with van der Waals surface area (Å²) in [5.74, 6) is 2.96. The van der Waals surface area contributed by atoms with E-state index in [0.717, 1.165) is 74.4 Å². The maximum Gasteiger partial charge on any atom is 0.208 e. The number of rotatable bonds is 8. The van der Waals surface area contributed by atoms with E-state index in [1.54, 1.807) is 12.1 Å². The highest BCUT2D eigenvalue weighted by atomic mass is 127. The van der Waals surface area contributed by atoms with Gasteiger partial charge in [0.1, 0.15) is 11.6 Å². The Bertz CT molecular complexity index is 886. The summed E-state index contributed by atoms with van der Waals surface area (Å²) >= 11 is 0. The van der Waals surface area contributed by atoms with E-state index >= 15 is 0 Å². The van der Waals surface area contributed by atoms with Crippen molar-refractivity contribution < 1.29 is 8.81 Å². The fraction of sp³-hybridized carbons (Fsp3) is 0.600. The van der Waals surface area contributed by atoms with Crippen LogP contribution in [0, 0.1) is 25.6 Å². The van der Waals surface area contributed by atoms with Gasteiger partial charge < -0.3 is 15.1 Å². The third-order valence-corrected chi connectivity index (χ3v) is 6.28. The molecular weight excluding hydrogens is 532 g/mol. The van der Waals surface area contributed by atoms with E-state index < -0.39 is 0 Å². The van der Waals surface area contributed by atoms with Crippen LogP contribution in [0.25, 0.3) is 0 Å². The molecule has 1 saturated heterocycles. The van der Waals surface area contributed by atoms with E-state index in [9.17, 15) is 4.39 Å². The largest absolute Gasteiger partial charge is 0.444 e. The molecule has 1 aromatic carbocycles. The van der Waals surface area contributed by atoms with Crippen molar-refractivity contribution in [3.63, 3.8) is 0 Å². The molecule has 0 aliphatic carbocycles.